The maximum absolute atomic E-state index is 11.2. The van der Waals surface area contributed by atoms with E-state index in [2.05, 4.69) is 31.5 Å². The highest BCUT2D eigenvalue weighted by atomic mass is 127. The Kier molecular flexibility index (Phi) is 9.84. The SMILES string of the molecule is CCNC(=NCc1ccccc1-n1nc(C)cc1C)NCCC(=O)OC.I. The van der Waals surface area contributed by atoms with Gasteiger partial charge in [-0.3, -0.25) is 4.79 Å². The molecule has 0 unspecified atom stereocenters. The van der Waals surface area contributed by atoms with Crippen LogP contribution in [0.4, 0.5) is 0 Å². The molecule has 0 atom stereocenters. The first-order chi connectivity index (χ1) is 12.5. The quantitative estimate of drug-likeness (QED) is 0.273. The predicted octanol–water partition coefficient (Wildman–Crippen LogP) is 2.73. The van der Waals surface area contributed by atoms with Gasteiger partial charge in [0.05, 0.1) is 31.5 Å². The van der Waals surface area contributed by atoms with Gasteiger partial charge in [-0.2, -0.15) is 5.10 Å². The summed E-state index contributed by atoms with van der Waals surface area (Å²) < 4.78 is 6.59. The number of para-hydroxylation sites is 1. The van der Waals surface area contributed by atoms with Crippen molar-refractivity contribution in [2.45, 2.75) is 33.7 Å². The van der Waals surface area contributed by atoms with Crippen LogP contribution in [0.15, 0.2) is 35.3 Å². The normalized spacial score (nSPS) is 10.9. The number of methoxy groups -OCH3 is 1. The van der Waals surface area contributed by atoms with Gasteiger partial charge in [-0.05, 0) is 38.5 Å². The van der Waals surface area contributed by atoms with E-state index in [-0.39, 0.29) is 29.9 Å². The highest BCUT2D eigenvalue weighted by Crippen LogP contribution is 2.17. The third-order valence-electron chi connectivity index (χ3n) is 3.83. The third-order valence-corrected chi connectivity index (χ3v) is 3.83. The van der Waals surface area contributed by atoms with Crippen molar-refractivity contribution in [2.24, 2.45) is 4.99 Å². The lowest BCUT2D eigenvalue weighted by molar-refractivity contribution is -0.140. The number of ether oxygens (including phenoxy) is 1. The average molecular weight is 485 g/mol. The van der Waals surface area contributed by atoms with Crippen LogP contribution in [0.2, 0.25) is 0 Å². The molecule has 1 aromatic heterocycles. The second kappa shape index (κ2) is 11.6. The van der Waals surface area contributed by atoms with E-state index in [0.717, 1.165) is 29.2 Å². The van der Waals surface area contributed by atoms with Gasteiger partial charge in [0.25, 0.3) is 0 Å². The molecule has 1 heterocycles. The Balaban J connectivity index is 0.00000364. The van der Waals surface area contributed by atoms with Crippen molar-refractivity contribution in [1.29, 1.82) is 0 Å². The molecule has 2 rings (SSSR count). The number of aromatic nitrogens is 2. The minimum atomic E-state index is -0.247. The maximum atomic E-state index is 11.2. The van der Waals surface area contributed by atoms with E-state index >= 15 is 0 Å². The van der Waals surface area contributed by atoms with Gasteiger partial charge in [-0.1, -0.05) is 18.2 Å². The second-order valence-corrected chi connectivity index (χ2v) is 5.92. The number of nitrogens with zero attached hydrogens (tertiary/aromatic N) is 3. The van der Waals surface area contributed by atoms with Gasteiger partial charge < -0.3 is 15.4 Å². The maximum Gasteiger partial charge on any atom is 0.307 e. The number of esters is 1. The molecule has 0 bridgehead atoms. The minimum absolute atomic E-state index is 0. The zero-order valence-electron chi connectivity index (χ0n) is 16.3. The van der Waals surface area contributed by atoms with E-state index in [9.17, 15) is 4.79 Å². The number of rotatable bonds is 7. The van der Waals surface area contributed by atoms with Crippen molar-refractivity contribution >= 4 is 35.9 Å². The number of carbonyl (C=O) groups excluding carboxylic acids is 1. The molecule has 7 nitrogen and oxygen atoms in total. The first-order valence-corrected chi connectivity index (χ1v) is 8.75. The Morgan fingerprint density at radius 1 is 1.26 bits per heavy atom. The van der Waals surface area contributed by atoms with Crippen LogP contribution in [-0.2, 0) is 16.1 Å². The van der Waals surface area contributed by atoms with Crippen LogP contribution in [0.1, 0.15) is 30.3 Å². The van der Waals surface area contributed by atoms with Crippen LogP contribution < -0.4 is 10.6 Å². The largest absolute Gasteiger partial charge is 0.469 e. The number of hydrogen-bond donors (Lipinski definition) is 2. The summed E-state index contributed by atoms with van der Waals surface area (Å²) in [6.45, 7) is 7.74. The van der Waals surface area contributed by atoms with Crippen molar-refractivity contribution in [3.63, 3.8) is 0 Å². The predicted molar refractivity (Wildman–Crippen MR) is 118 cm³/mol. The van der Waals surface area contributed by atoms with Crippen molar-refractivity contribution in [2.75, 3.05) is 20.2 Å². The number of halogens is 1. The molecule has 27 heavy (non-hydrogen) atoms. The topological polar surface area (TPSA) is 80.5 Å². The van der Waals surface area contributed by atoms with Crippen LogP contribution in [-0.4, -0.2) is 41.9 Å². The lowest BCUT2D eigenvalue weighted by Crippen LogP contribution is -2.38. The van der Waals surface area contributed by atoms with Crippen LogP contribution >= 0.6 is 24.0 Å². The summed E-state index contributed by atoms with van der Waals surface area (Å²) in [5, 5.41) is 10.9. The Hall–Kier alpha value is -2.10. The molecule has 148 valence electrons. The molecule has 0 aliphatic rings. The summed E-state index contributed by atoms with van der Waals surface area (Å²) >= 11 is 0. The zero-order valence-corrected chi connectivity index (χ0v) is 18.6. The molecule has 0 fully saturated rings. The molecule has 0 aliphatic heterocycles. The van der Waals surface area contributed by atoms with Gasteiger partial charge in [-0.25, -0.2) is 9.67 Å². The number of aryl methyl sites for hydroxylation is 2. The van der Waals surface area contributed by atoms with E-state index in [1.807, 2.05) is 49.7 Å². The molecule has 2 aromatic rings. The van der Waals surface area contributed by atoms with Crippen molar-refractivity contribution in [1.82, 2.24) is 20.4 Å². The smallest absolute Gasteiger partial charge is 0.307 e. The first-order valence-electron chi connectivity index (χ1n) is 8.75. The fraction of sp³-hybridized carbons (Fsp3) is 0.421. The van der Waals surface area contributed by atoms with Crippen LogP contribution in [0.25, 0.3) is 5.69 Å². The summed E-state index contributed by atoms with van der Waals surface area (Å²) in [4.78, 5) is 15.9. The third kappa shape index (κ3) is 6.85. The van der Waals surface area contributed by atoms with Gasteiger partial charge in [0, 0.05) is 18.8 Å². The molecule has 0 aliphatic carbocycles. The average Bonchev–Trinajstić information content (AvgIpc) is 2.97. The fourth-order valence-corrected chi connectivity index (χ4v) is 2.61. The molecule has 0 radical (unpaired) electrons. The monoisotopic (exact) mass is 485 g/mol. The molecular formula is C19H28IN5O2. The number of benzene rings is 1. The van der Waals surface area contributed by atoms with E-state index in [1.54, 1.807) is 0 Å². The second-order valence-electron chi connectivity index (χ2n) is 5.92. The van der Waals surface area contributed by atoms with Crippen molar-refractivity contribution in [3.05, 3.63) is 47.3 Å². The van der Waals surface area contributed by atoms with Crippen LogP contribution in [0.3, 0.4) is 0 Å². The molecule has 8 heteroatoms. The van der Waals surface area contributed by atoms with Crippen LogP contribution in [0.5, 0.6) is 0 Å². The summed E-state index contributed by atoms with van der Waals surface area (Å²) in [5.41, 5.74) is 4.16. The van der Waals surface area contributed by atoms with Gasteiger partial charge >= 0.3 is 5.97 Å². The minimum Gasteiger partial charge on any atom is -0.469 e. The lowest BCUT2D eigenvalue weighted by atomic mass is 10.2. The van der Waals surface area contributed by atoms with E-state index in [4.69, 9.17) is 0 Å². The summed E-state index contributed by atoms with van der Waals surface area (Å²) in [6, 6.07) is 10.1. The number of aliphatic imine (C=N–C) groups is 1. The highest BCUT2D eigenvalue weighted by molar-refractivity contribution is 14.0. The molecule has 0 saturated heterocycles. The number of nitrogens with one attached hydrogen (secondary N) is 2. The molecular weight excluding hydrogens is 457 g/mol. The lowest BCUT2D eigenvalue weighted by Gasteiger charge is -2.13. The number of hydrogen-bond acceptors (Lipinski definition) is 4. The molecule has 0 saturated carbocycles. The Bertz CT molecular complexity index is 773. The van der Waals surface area contributed by atoms with Gasteiger partial charge in [0.1, 0.15) is 0 Å². The molecule has 0 amide bonds. The number of guanidine groups is 1. The standard InChI is InChI=1S/C19H27N5O2.HI/c1-5-20-19(21-11-10-18(25)26-4)22-13-16-8-6-7-9-17(16)24-15(3)12-14(2)23-24;/h6-9,12H,5,10-11,13H2,1-4H3,(H2,20,21,22);1H. The molecule has 0 spiro atoms. The van der Waals surface area contributed by atoms with Crippen molar-refractivity contribution in [3.8, 4) is 5.69 Å². The fourth-order valence-electron chi connectivity index (χ4n) is 2.61. The molecule has 1 aromatic carbocycles. The van der Waals surface area contributed by atoms with Crippen LogP contribution in [0, 0.1) is 13.8 Å². The van der Waals surface area contributed by atoms with E-state index in [1.165, 1.54) is 7.11 Å². The summed E-state index contributed by atoms with van der Waals surface area (Å²) in [5.74, 6) is 0.419. The molecule has 2 N–H and O–H groups in total. The van der Waals surface area contributed by atoms with Crippen molar-refractivity contribution < 1.29 is 9.53 Å². The Labute approximate surface area is 177 Å². The highest BCUT2D eigenvalue weighted by Gasteiger charge is 2.09. The Morgan fingerprint density at radius 3 is 2.63 bits per heavy atom. The van der Waals surface area contributed by atoms with Gasteiger partial charge in [-0.15, -0.1) is 24.0 Å². The first kappa shape index (κ1) is 22.9. The Morgan fingerprint density at radius 2 is 2.00 bits per heavy atom. The van der Waals surface area contributed by atoms with E-state index < -0.39 is 0 Å². The van der Waals surface area contributed by atoms with E-state index in [0.29, 0.717) is 25.5 Å². The van der Waals surface area contributed by atoms with Gasteiger partial charge in [0.2, 0.25) is 0 Å². The van der Waals surface area contributed by atoms with Gasteiger partial charge in [0.15, 0.2) is 5.96 Å². The summed E-state index contributed by atoms with van der Waals surface area (Å²) in [6.07, 6.45) is 0.295. The number of carbonyl (C=O) groups is 1. The summed E-state index contributed by atoms with van der Waals surface area (Å²) in [7, 11) is 1.39. The zero-order chi connectivity index (χ0) is 18.9.